The van der Waals surface area contributed by atoms with E-state index in [0.29, 0.717) is 13.1 Å². The van der Waals surface area contributed by atoms with Crippen molar-refractivity contribution >= 4 is 11.8 Å². The van der Waals surface area contributed by atoms with Gasteiger partial charge < -0.3 is 10.2 Å². The molecule has 1 fully saturated rings. The van der Waals surface area contributed by atoms with Crippen LogP contribution in [0.3, 0.4) is 0 Å². The van der Waals surface area contributed by atoms with Crippen LogP contribution in [0.4, 0.5) is 8.78 Å². The van der Waals surface area contributed by atoms with Gasteiger partial charge in [0.1, 0.15) is 11.6 Å². The van der Waals surface area contributed by atoms with E-state index < -0.39 is 17.6 Å². The lowest BCUT2D eigenvalue weighted by Gasteiger charge is -2.16. The molecular weight excluding hydrogens is 338 g/mol. The van der Waals surface area contributed by atoms with Crippen molar-refractivity contribution in [1.82, 2.24) is 10.2 Å². The molecule has 1 saturated heterocycles. The molecule has 2 aromatic carbocycles. The third-order valence-electron chi connectivity index (χ3n) is 4.57. The van der Waals surface area contributed by atoms with Crippen LogP contribution in [-0.2, 0) is 22.6 Å². The second-order valence-corrected chi connectivity index (χ2v) is 6.43. The smallest absolute Gasteiger partial charge is 0.225 e. The Bertz CT molecular complexity index is 796. The Hall–Kier alpha value is -2.76. The van der Waals surface area contributed by atoms with Crippen LogP contribution in [0, 0.1) is 17.6 Å². The third-order valence-corrected chi connectivity index (χ3v) is 4.57. The SMILES string of the molecule is O=C(NCc1ccc(F)cc1F)[C@@H]1CC(=O)N(CCc2ccccc2)C1. The van der Waals surface area contributed by atoms with Gasteiger partial charge in [-0.05, 0) is 18.1 Å². The van der Waals surface area contributed by atoms with Gasteiger partial charge >= 0.3 is 0 Å². The third kappa shape index (κ3) is 4.45. The molecule has 1 N–H and O–H groups in total. The fraction of sp³-hybridized carbons (Fsp3) is 0.300. The van der Waals surface area contributed by atoms with Crippen molar-refractivity contribution in [3.63, 3.8) is 0 Å². The van der Waals surface area contributed by atoms with E-state index in [-0.39, 0.29) is 30.3 Å². The monoisotopic (exact) mass is 358 g/mol. The molecule has 0 saturated carbocycles. The summed E-state index contributed by atoms with van der Waals surface area (Å²) >= 11 is 0. The van der Waals surface area contributed by atoms with E-state index in [1.807, 2.05) is 30.3 Å². The van der Waals surface area contributed by atoms with Gasteiger partial charge in [-0.2, -0.15) is 0 Å². The summed E-state index contributed by atoms with van der Waals surface area (Å²) in [7, 11) is 0. The fourth-order valence-corrected chi connectivity index (χ4v) is 3.06. The van der Waals surface area contributed by atoms with E-state index in [9.17, 15) is 18.4 Å². The van der Waals surface area contributed by atoms with Crippen molar-refractivity contribution in [3.8, 4) is 0 Å². The molecule has 0 radical (unpaired) electrons. The summed E-state index contributed by atoms with van der Waals surface area (Å²) in [6.45, 7) is 0.905. The highest BCUT2D eigenvalue weighted by molar-refractivity contribution is 5.89. The van der Waals surface area contributed by atoms with Gasteiger partial charge in [0.05, 0.1) is 5.92 Å². The van der Waals surface area contributed by atoms with E-state index >= 15 is 0 Å². The molecule has 0 unspecified atom stereocenters. The fourth-order valence-electron chi connectivity index (χ4n) is 3.06. The van der Waals surface area contributed by atoms with Crippen molar-refractivity contribution < 1.29 is 18.4 Å². The molecule has 26 heavy (non-hydrogen) atoms. The number of rotatable bonds is 6. The van der Waals surface area contributed by atoms with Crippen molar-refractivity contribution in [3.05, 3.63) is 71.3 Å². The van der Waals surface area contributed by atoms with Gasteiger partial charge in [0.15, 0.2) is 0 Å². The molecular formula is C20H20F2N2O2. The quantitative estimate of drug-likeness (QED) is 0.863. The maximum Gasteiger partial charge on any atom is 0.225 e. The Morgan fingerprint density at radius 3 is 2.65 bits per heavy atom. The van der Waals surface area contributed by atoms with E-state index in [4.69, 9.17) is 0 Å². The Morgan fingerprint density at radius 2 is 1.92 bits per heavy atom. The lowest BCUT2D eigenvalue weighted by molar-refractivity contribution is -0.129. The van der Waals surface area contributed by atoms with Crippen LogP contribution in [0.25, 0.3) is 0 Å². The zero-order chi connectivity index (χ0) is 18.5. The molecule has 0 bridgehead atoms. The predicted molar refractivity (Wildman–Crippen MR) is 93.0 cm³/mol. The van der Waals surface area contributed by atoms with Crippen LogP contribution in [0.2, 0.25) is 0 Å². The lowest BCUT2D eigenvalue weighted by Crippen LogP contribution is -2.33. The minimum Gasteiger partial charge on any atom is -0.352 e. The standard InChI is InChI=1S/C20H20F2N2O2/c21-17-7-6-15(18(22)11-17)12-23-20(26)16-10-19(25)24(13-16)9-8-14-4-2-1-3-5-14/h1-7,11,16H,8-10,12-13H2,(H,23,26)/t16-/m1/s1. The second-order valence-electron chi connectivity index (χ2n) is 6.43. The van der Waals surface area contributed by atoms with Crippen LogP contribution in [0.1, 0.15) is 17.5 Å². The van der Waals surface area contributed by atoms with Crippen LogP contribution < -0.4 is 5.32 Å². The first-order valence-electron chi connectivity index (χ1n) is 8.56. The summed E-state index contributed by atoms with van der Waals surface area (Å²) in [4.78, 5) is 26.1. The number of nitrogens with one attached hydrogen (secondary N) is 1. The summed E-state index contributed by atoms with van der Waals surface area (Å²) in [6, 6.07) is 13.1. The minimum absolute atomic E-state index is 0.0281. The lowest BCUT2D eigenvalue weighted by atomic mass is 10.1. The van der Waals surface area contributed by atoms with Crippen LogP contribution in [-0.4, -0.2) is 29.8 Å². The maximum absolute atomic E-state index is 13.6. The van der Waals surface area contributed by atoms with Gasteiger partial charge in [-0.15, -0.1) is 0 Å². The summed E-state index contributed by atoms with van der Waals surface area (Å²) in [5, 5.41) is 2.64. The number of hydrogen-bond acceptors (Lipinski definition) is 2. The molecule has 6 heteroatoms. The molecule has 3 rings (SSSR count). The molecule has 0 aliphatic carbocycles. The molecule has 136 valence electrons. The first-order chi connectivity index (χ1) is 12.5. The van der Waals surface area contributed by atoms with Crippen molar-refractivity contribution in [1.29, 1.82) is 0 Å². The number of benzene rings is 2. The summed E-state index contributed by atoms with van der Waals surface area (Å²) in [5.74, 6) is -2.13. The highest BCUT2D eigenvalue weighted by atomic mass is 19.1. The van der Waals surface area contributed by atoms with Gasteiger partial charge in [0.2, 0.25) is 11.8 Å². The number of nitrogens with zero attached hydrogens (tertiary/aromatic N) is 1. The van der Waals surface area contributed by atoms with Crippen molar-refractivity contribution in [2.75, 3.05) is 13.1 Å². The highest BCUT2D eigenvalue weighted by Crippen LogP contribution is 2.19. The molecule has 2 aromatic rings. The normalized spacial score (nSPS) is 16.8. The Morgan fingerprint density at radius 1 is 1.15 bits per heavy atom. The second kappa shape index (κ2) is 8.08. The van der Waals surface area contributed by atoms with E-state index in [1.165, 1.54) is 6.07 Å². The largest absolute Gasteiger partial charge is 0.352 e. The average molecular weight is 358 g/mol. The Labute approximate surface area is 150 Å². The molecule has 1 aliphatic rings. The molecule has 0 aromatic heterocycles. The molecule has 1 aliphatic heterocycles. The first kappa shape index (κ1) is 18.0. The molecule has 0 spiro atoms. The van der Waals surface area contributed by atoms with Crippen LogP contribution in [0.15, 0.2) is 48.5 Å². The molecule has 4 nitrogen and oxygen atoms in total. The Kier molecular flexibility index (Phi) is 5.61. The van der Waals surface area contributed by atoms with Crippen molar-refractivity contribution in [2.45, 2.75) is 19.4 Å². The average Bonchev–Trinajstić information content (AvgIpc) is 3.01. The zero-order valence-corrected chi connectivity index (χ0v) is 14.3. The van der Waals surface area contributed by atoms with Crippen LogP contribution in [0.5, 0.6) is 0 Å². The van der Waals surface area contributed by atoms with Gasteiger partial charge in [0.25, 0.3) is 0 Å². The van der Waals surface area contributed by atoms with Crippen molar-refractivity contribution in [2.24, 2.45) is 5.92 Å². The highest BCUT2D eigenvalue weighted by Gasteiger charge is 2.33. The van der Waals surface area contributed by atoms with Gasteiger partial charge in [-0.1, -0.05) is 36.4 Å². The number of carbonyl (C=O) groups excluding carboxylic acids is 2. The molecule has 1 atom stereocenters. The number of amides is 2. The predicted octanol–water partition coefficient (Wildman–Crippen LogP) is 2.67. The number of hydrogen-bond donors (Lipinski definition) is 1. The molecule has 2 amide bonds. The summed E-state index contributed by atoms with van der Waals surface area (Å²) < 4.78 is 26.5. The maximum atomic E-state index is 13.6. The number of carbonyl (C=O) groups is 2. The zero-order valence-electron chi connectivity index (χ0n) is 14.3. The van der Waals surface area contributed by atoms with E-state index in [0.717, 1.165) is 24.1 Å². The van der Waals surface area contributed by atoms with E-state index in [1.54, 1.807) is 4.90 Å². The summed E-state index contributed by atoms with van der Waals surface area (Å²) in [6.07, 6.45) is 0.897. The van der Waals surface area contributed by atoms with Crippen LogP contribution >= 0.6 is 0 Å². The molecule has 1 heterocycles. The minimum atomic E-state index is -0.697. The number of likely N-dealkylation sites (tertiary alicyclic amines) is 1. The number of halogens is 2. The first-order valence-corrected chi connectivity index (χ1v) is 8.56. The summed E-state index contributed by atoms with van der Waals surface area (Å²) in [5.41, 5.74) is 1.35. The topological polar surface area (TPSA) is 49.4 Å². The van der Waals surface area contributed by atoms with Gasteiger partial charge in [-0.3, -0.25) is 9.59 Å². The van der Waals surface area contributed by atoms with E-state index in [2.05, 4.69) is 5.32 Å². The van der Waals surface area contributed by atoms with Gasteiger partial charge in [0, 0.05) is 37.7 Å². The Balaban J connectivity index is 1.50. The van der Waals surface area contributed by atoms with Gasteiger partial charge in [-0.25, -0.2) is 8.78 Å².